The third kappa shape index (κ3) is 2.89. The van der Waals surface area contributed by atoms with Gasteiger partial charge in [-0.3, -0.25) is 10.1 Å². The first-order valence-corrected chi connectivity index (χ1v) is 5.60. The van der Waals surface area contributed by atoms with Gasteiger partial charge in [-0.1, -0.05) is 0 Å². The van der Waals surface area contributed by atoms with Gasteiger partial charge in [-0.25, -0.2) is 4.98 Å². The summed E-state index contributed by atoms with van der Waals surface area (Å²) in [5.41, 5.74) is -1.42. The van der Waals surface area contributed by atoms with Crippen LogP contribution >= 0.6 is 0 Å². The Labute approximate surface area is 109 Å². The van der Waals surface area contributed by atoms with Gasteiger partial charge in [0, 0.05) is 12.3 Å². The molecule has 0 spiro atoms. The van der Waals surface area contributed by atoms with Crippen molar-refractivity contribution < 1.29 is 14.4 Å². The van der Waals surface area contributed by atoms with E-state index in [0.717, 1.165) is 0 Å². The smallest absolute Gasteiger partial charge is 0.311 e. The summed E-state index contributed by atoms with van der Waals surface area (Å²) in [4.78, 5) is 14.2. The monoisotopic (exact) mass is 263 g/mol. The molecule has 0 aliphatic heterocycles. The summed E-state index contributed by atoms with van der Waals surface area (Å²) >= 11 is 0. The van der Waals surface area contributed by atoms with E-state index in [2.05, 4.69) is 10.3 Å². The lowest BCUT2D eigenvalue weighted by Crippen LogP contribution is -2.30. The van der Waals surface area contributed by atoms with Gasteiger partial charge < -0.3 is 14.8 Å². The molecule has 0 aliphatic carbocycles. The molecule has 2 N–H and O–H groups in total. The van der Waals surface area contributed by atoms with Crippen LogP contribution in [0, 0.1) is 10.1 Å². The molecular weight excluding hydrogens is 250 g/mol. The number of rotatable bonds is 5. The summed E-state index contributed by atoms with van der Waals surface area (Å²) in [7, 11) is 0. The number of aromatic nitrogens is 1. The molecule has 2 aromatic rings. The van der Waals surface area contributed by atoms with Crippen LogP contribution in [-0.2, 0) is 5.60 Å². The van der Waals surface area contributed by atoms with Crippen LogP contribution in [0.3, 0.4) is 0 Å². The van der Waals surface area contributed by atoms with E-state index in [4.69, 9.17) is 4.42 Å². The van der Waals surface area contributed by atoms with Gasteiger partial charge in [0.05, 0.1) is 17.7 Å². The van der Waals surface area contributed by atoms with Gasteiger partial charge in [-0.05, 0) is 25.1 Å². The van der Waals surface area contributed by atoms with E-state index < -0.39 is 10.5 Å². The molecule has 0 radical (unpaired) electrons. The van der Waals surface area contributed by atoms with Crippen molar-refractivity contribution >= 4 is 11.5 Å². The highest BCUT2D eigenvalue weighted by Gasteiger charge is 2.27. The molecule has 0 saturated carbocycles. The molecule has 0 aliphatic rings. The quantitative estimate of drug-likeness (QED) is 0.631. The molecule has 7 heteroatoms. The average molecular weight is 263 g/mol. The van der Waals surface area contributed by atoms with Crippen LogP contribution in [0.1, 0.15) is 12.7 Å². The highest BCUT2D eigenvalue weighted by molar-refractivity contribution is 5.55. The van der Waals surface area contributed by atoms with Crippen molar-refractivity contribution in [3.63, 3.8) is 0 Å². The highest BCUT2D eigenvalue weighted by Crippen LogP contribution is 2.24. The second-order valence-electron chi connectivity index (χ2n) is 4.23. The SMILES string of the molecule is CC(O)(CNc1ncccc1[N+](=O)[O-])c1ccco1. The number of hydrogen-bond acceptors (Lipinski definition) is 6. The van der Waals surface area contributed by atoms with Crippen LogP contribution in [0.15, 0.2) is 41.1 Å². The minimum Gasteiger partial charge on any atom is -0.466 e. The topological polar surface area (TPSA) is 101 Å². The van der Waals surface area contributed by atoms with E-state index in [0.29, 0.717) is 5.76 Å². The van der Waals surface area contributed by atoms with E-state index in [1.54, 1.807) is 19.1 Å². The van der Waals surface area contributed by atoms with Gasteiger partial charge in [0.15, 0.2) is 0 Å². The van der Waals surface area contributed by atoms with Crippen molar-refractivity contribution in [2.45, 2.75) is 12.5 Å². The van der Waals surface area contributed by atoms with E-state index in [9.17, 15) is 15.2 Å². The van der Waals surface area contributed by atoms with Crippen molar-refractivity contribution in [1.82, 2.24) is 4.98 Å². The summed E-state index contributed by atoms with van der Waals surface area (Å²) in [5.74, 6) is 0.484. The fraction of sp³-hybridized carbons (Fsp3) is 0.250. The zero-order valence-corrected chi connectivity index (χ0v) is 10.2. The number of aliphatic hydroxyl groups is 1. The largest absolute Gasteiger partial charge is 0.466 e. The molecule has 19 heavy (non-hydrogen) atoms. The normalized spacial score (nSPS) is 13.8. The van der Waals surface area contributed by atoms with Crippen LogP contribution in [0.5, 0.6) is 0 Å². The molecule has 100 valence electrons. The summed E-state index contributed by atoms with van der Waals surface area (Å²) in [6.07, 6.45) is 2.89. The number of anilines is 1. The molecule has 1 unspecified atom stereocenters. The molecule has 2 heterocycles. The minimum absolute atomic E-state index is 0.0400. The Kier molecular flexibility index (Phi) is 3.48. The van der Waals surface area contributed by atoms with Gasteiger partial charge in [-0.15, -0.1) is 0 Å². The maximum atomic E-state index is 10.8. The van der Waals surface area contributed by atoms with Gasteiger partial charge in [0.25, 0.3) is 0 Å². The van der Waals surface area contributed by atoms with Crippen LogP contribution in [0.2, 0.25) is 0 Å². The van der Waals surface area contributed by atoms with Crippen molar-refractivity contribution in [3.8, 4) is 0 Å². The molecule has 7 nitrogen and oxygen atoms in total. The van der Waals surface area contributed by atoms with E-state index in [1.807, 2.05) is 0 Å². The Hall–Kier alpha value is -2.41. The summed E-state index contributed by atoms with van der Waals surface area (Å²) in [5, 5.41) is 23.8. The Balaban J connectivity index is 2.13. The Morgan fingerprint density at radius 1 is 1.53 bits per heavy atom. The number of pyridine rings is 1. The molecule has 2 aromatic heterocycles. The van der Waals surface area contributed by atoms with Crippen LogP contribution in [-0.4, -0.2) is 21.6 Å². The maximum Gasteiger partial charge on any atom is 0.311 e. The van der Waals surface area contributed by atoms with Gasteiger partial charge in [0.1, 0.15) is 11.4 Å². The first-order valence-electron chi connectivity index (χ1n) is 5.60. The number of nitrogens with zero attached hydrogens (tertiary/aromatic N) is 2. The summed E-state index contributed by atoms with van der Waals surface area (Å²) in [6, 6.07) is 6.12. The van der Waals surface area contributed by atoms with Crippen molar-refractivity contribution in [2.75, 3.05) is 11.9 Å². The lowest BCUT2D eigenvalue weighted by molar-refractivity contribution is -0.384. The summed E-state index contributed by atoms with van der Waals surface area (Å²) < 4.78 is 5.12. The van der Waals surface area contributed by atoms with Gasteiger partial charge >= 0.3 is 5.69 Å². The first kappa shape index (κ1) is 13.0. The lowest BCUT2D eigenvalue weighted by atomic mass is 10.0. The molecule has 0 saturated heterocycles. The Morgan fingerprint density at radius 3 is 2.95 bits per heavy atom. The number of furan rings is 1. The van der Waals surface area contributed by atoms with E-state index in [1.165, 1.54) is 24.6 Å². The zero-order chi connectivity index (χ0) is 13.9. The average Bonchev–Trinajstić information content (AvgIpc) is 2.91. The predicted octanol–water partition coefficient (Wildman–Crippen LogP) is 1.90. The van der Waals surface area contributed by atoms with Crippen LogP contribution < -0.4 is 5.32 Å². The Bertz CT molecular complexity index is 566. The number of hydrogen-bond donors (Lipinski definition) is 2. The number of nitro groups is 1. The zero-order valence-electron chi connectivity index (χ0n) is 10.2. The van der Waals surface area contributed by atoms with Crippen molar-refractivity contribution in [2.24, 2.45) is 0 Å². The van der Waals surface area contributed by atoms with Crippen LogP contribution in [0.25, 0.3) is 0 Å². The van der Waals surface area contributed by atoms with E-state index >= 15 is 0 Å². The third-order valence-corrected chi connectivity index (χ3v) is 2.64. The van der Waals surface area contributed by atoms with Crippen molar-refractivity contribution in [3.05, 3.63) is 52.6 Å². The first-order chi connectivity index (χ1) is 9.00. The molecule has 0 bridgehead atoms. The van der Waals surface area contributed by atoms with Crippen molar-refractivity contribution in [1.29, 1.82) is 0 Å². The third-order valence-electron chi connectivity index (χ3n) is 2.64. The molecule has 0 amide bonds. The lowest BCUT2D eigenvalue weighted by Gasteiger charge is -2.21. The fourth-order valence-electron chi connectivity index (χ4n) is 1.61. The second kappa shape index (κ2) is 5.07. The van der Waals surface area contributed by atoms with Gasteiger partial charge in [0.2, 0.25) is 5.82 Å². The van der Waals surface area contributed by atoms with Gasteiger partial charge in [-0.2, -0.15) is 0 Å². The number of nitrogens with one attached hydrogen (secondary N) is 1. The maximum absolute atomic E-state index is 10.8. The molecule has 1 atom stereocenters. The molecule has 0 fully saturated rings. The predicted molar refractivity (Wildman–Crippen MR) is 67.7 cm³/mol. The fourth-order valence-corrected chi connectivity index (χ4v) is 1.61. The molecule has 0 aromatic carbocycles. The highest BCUT2D eigenvalue weighted by atomic mass is 16.6. The minimum atomic E-state index is -1.28. The Morgan fingerprint density at radius 2 is 2.32 bits per heavy atom. The second-order valence-corrected chi connectivity index (χ2v) is 4.23. The van der Waals surface area contributed by atoms with E-state index in [-0.39, 0.29) is 18.1 Å². The molecule has 2 rings (SSSR count). The molecular formula is C12H13N3O4. The summed E-state index contributed by atoms with van der Waals surface area (Å²) in [6.45, 7) is 1.59. The standard InChI is InChI=1S/C12H13N3O4/c1-12(16,10-5-3-7-19-10)8-14-11-9(15(17)18)4-2-6-13-11/h2-7,16H,8H2,1H3,(H,13,14). The van der Waals surface area contributed by atoms with Crippen LogP contribution in [0.4, 0.5) is 11.5 Å².